The summed E-state index contributed by atoms with van der Waals surface area (Å²) in [5.74, 6) is 0.307. The second-order valence-corrected chi connectivity index (χ2v) is 4.06. The van der Waals surface area contributed by atoms with Crippen molar-refractivity contribution in [2.24, 2.45) is 0 Å². The van der Waals surface area contributed by atoms with Gasteiger partial charge in [-0.2, -0.15) is 10.4 Å². The predicted molar refractivity (Wildman–Crippen MR) is 67.4 cm³/mol. The second kappa shape index (κ2) is 6.11. The molecule has 1 aromatic heterocycles. The first-order chi connectivity index (χ1) is 9.27. The molecule has 2 heterocycles. The van der Waals surface area contributed by atoms with E-state index in [0.717, 1.165) is 0 Å². The Kier molecular flexibility index (Phi) is 4.26. The van der Waals surface area contributed by atoms with Crippen molar-refractivity contribution in [2.75, 3.05) is 31.2 Å². The zero-order chi connectivity index (χ0) is 13.7. The summed E-state index contributed by atoms with van der Waals surface area (Å²) in [5, 5.41) is 19.6. The van der Waals surface area contributed by atoms with Crippen LogP contribution in [0.15, 0.2) is 12.3 Å². The lowest BCUT2D eigenvalue weighted by molar-refractivity contribution is -0.124. The normalized spacial score (nSPS) is 18.7. The molecule has 7 heteroatoms. The standard InChI is InChI=1S/C12H15N5O2/c1-2-14-12(18)10-8-19-6-5-17(10)11-9(7-13)3-4-15-16-11/h3-4,10H,2,5-6,8H2,1H3,(H,14,18). The molecule has 100 valence electrons. The van der Waals surface area contributed by atoms with E-state index < -0.39 is 6.04 Å². The molecule has 0 aliphatic carbocycles. The second-order valence-electron chi connectivity index (χ2n) is 4.06. The van der Waals surface area contributed by atoms with Gasteiger partial charge in [0.2, 0.25) is 5.91 Å². The van der Waals surface area contributed by atoms with Crippen LogP contribution in [0.3, 0.4) is 0 Å². The molecule has 1 fully saturated rings. The SMILES string of the molecule is CCNC(=O)C1COCCN1c1nnccc1C#N. The Morgan fingerprint density at radius 1 is 1.74 bits per heavy atom. The maximum Gasteiger partial charge on any atom is 0.245 e. The average molecular weight is 261 g/mol. The van der Waals surface area contributed by atoms with Crippen molar-refractivity contribution in [2.45, 2.75) is 13.0 Å². The highest BCUT2D eigenvalue weighted by atomic mass is 16.5. The van der Waals surface area contributed by atoms with Gasteiger partial charge in [-0.3, -0.25) is 4.79 Å². The highest BCUT2D eigenvalue weighted by Crippen LogP contribution is 2.20. The minimum absolute atomic E-state index is 0.128. The Bertz CT molecular complexity index is 499. The Morgan fingerprint density at radius 3 is 3.32 bits per heavy atom. The topological polar surface area (TPSA) is 91.1 Å². The number of ether oxygens (including phenoxy) is 1. The Balaban J connectivity index is 2.29. The Hall–Kier alpha value is -2.20. The lowest BCUT2D eigenvalue weighted by Crippen LogP contribution is -2.54. The fourth-order valence-corrected chi connectivity index (χ4v) is 1.99. The third kappa shape index (κ3) is 2.80. The molecular formula is C12H15N5O2. The summed E-state index contributed by atoms with van der Waals surface area (Å²) in [6.07, 6.45) is 1.46. The first-order valence-electron chi connectivity index (χ1n) is 6.11. The molecule has 1 aromatic rings. The Labute approximate surface area is 111 Å². The maximum absolute atomic E-state index is 12.0. The molecule has 1 saturated heterocycles. The molecule has 1 aliphatic rings. The van der Waals surface area contributed by atoms with E-state index in [2.05, 4.69) is 21.6 Å². The summed E-state index contributed by atoms with van der Waals surface area (Å²) < 4.78 is 5.34. The minimum Gasteiger partial charge on any atom is -0.377 e. The predicted octanol–water partition coefficient (Wildman–Crippen LogP) is -0.310. The van der Waals surface area contributed by atoms with E-state index in [0.29, 0.717) is 31.1 Å². The van der Waals surface area contributed by atoms with Crippen LogP contribution in [0, 0.1) is 11.3 Å². The monoisotopic (exact) mass is 261 g/mol. The van der Waals surface area contributed by atoms with Crippen LogP contribution in [-0.4, -0.2) is 48.4 Å². The lowest BCUT2D eigenvalue weighted by Gasteiger charge is -2.35. The van der Waals surface area contributed by atoms with Crippen LogP contribution < -0.4 is 10.2 Å². The fourth-order valence-electron chi connectivity index (χ4n) is 1.99. The molecule has 7 nitrogen and oxygen atoms in total. The van der Waals surface area contributed by atoms with Gasteiger partial charge in [0.1, 0.15) is 12.1 Å². The van der Waals surface area contributed by atoms with Gasteiger partial charge in [-0.15, -0.1) is 5.10 Å². The van der Waals surface area contributed by atoms with Gasteiger partial charge in [0.05, 0.1) is 25.0 Å². The van der Waals surface area contributed by atoms with Crippen molar-refractivity contribution in [3.05, 3.63) is 17.8 Å². The zero-order valence-electron chi connectivity index (χ0n) is 10.7. The number of hydrogen-bond donors (Lipinski definition) is 1. The molecule has 0 saturated carbocycles. The van der Waals surface area contributed by atoms with Crippen molar-refractivity contribution < 1.29 is 9.53 Å². The first-order valence-corrected chi connectivity index (χ1v) is 6.11. The molecule has 0 radical (unpaired) electrons. The van der Waals surface area contributed by atoms with Crippen LogP contribution in [0.2, 0.25) is 0 Å². The molecule has 0 bridgehead atoms. The number of aromatic nitrogens is 2. The highest BCUT2D eigenvalue weighted by Gasteiger charge is 2.31. The molecule has 1 N–H and O–H groups in total. The summed E-state index contributed by atoms with van der Waals surface area (Å²) >= 11 is 0. The minimum atomic E-state index is -0.475. The number of likely N-dealkylation sites (N-methyl/N-ethyl adjacent to an activating group) is 1. The number of hydrogen-bond acceptors (Lipinski definition) is 6. The third-order valence-electron chi connectivity index (χ3n) is 2.88. The van der Waals surface area contributed by atoms with Gasteiger partial charge in [0, 0.05) is 13.1 Å². The first kappa shape index (κ1) is 13.2. The summed E-state index contributed by atoms with van der Waals surface area (Å²) in [6, 6.07) is 3.18. The number of rotatable bonds is 3. The zero-order valence-corrected chi connectivity index (χ0v) is 10.7. The third-order valence-corrected chi connectivity index (χ3v) is 2.88. The van der Waals surface area contributed by atoms with E-state index in [1.54, 1.807) is 11.0 Å². The number of nitriles is 1. The average Bonchev–Trinajstić information content (AvgIpc) is 2.47. The smallest absolute Gasteiger partial charge is 0.245 e. The van der Waals surface area contributed by atoms with Gasteiger partial charge in [0.15, 0.2) is 5.82 Å². The van der Waals surface area contributed by atoms with Gasteiger partial charge in [-0.1, -0.05) is 0 Å². The summed E-state index contributed by atoms with van der Waals surface area (Å²) in [5.41, 5.74) is 0.409. The van der Waals surface area contributed by atoms with E-state index in [1.807, 2.05) is 6.92 Å². The molecule has 1 amide bonds. The molecular weight excluding hydrogens is 246 g/mol. The van der Waals surface area contributed by atoms with Crippen molar-refractivity contribution in [1.82, 2.24) is 15.5 Å². The van der Waals surface area contributed by atoms with Crippen LogP contribution in [0.1, 0.15) is 12.5 Å². The number of anilines is 1. The number of morpholine rings is 1. The van der Waals surface area contributed by atoms with Crippen LogP contribution in [-0.2, 0) is 9.53 Å². The lowest BCUT2D eigenvalue weighted by atomic mass is 10.2. The highest BCUT2D eigenvalue weighted by molar-refractivity contribution is 5.85. The number of nitrogens with one attached hydrogen (secondary N) is 1. The van der Waals surface area contributed by atoms with Gasteiger partial charge >= 0.3 is 0 Å². The van der Waals surface area contributed by atoms with Gasteiger partial charge in [0.25, 0.3) is 0 Å². The summed E-state index contributed by atoms with van der Waals surface area (Å²) in [4.78, 5) is 13.8. The van der Waals surface area contributed by atoms with Crippen LogP contribution in [0.5, 0.6) is 0 Å². The van der Waals surface area contributed by atoms with Gasteiger partial charge in [-0.05, 0) is 13.0 Å². The van der Waals surface area contributed by atoms with Crippen LogP contribution in [0.4, 0.5) is 5.82 Å². The molecule has 1 atom stereocenters. The Morgan fingerprint density at radius 2 is 2.58 bits per heavy atom. The molecule has 19 heavy (non-hydrogen) atoms. The number of carbonyl (C=O) groups is 1. The van der Waals surface area contributed by atoms with E-state index in [4.69, 9.17) is 10.00 Å². The molecule has 0 spiro atoms. The van der Waals surface area contributed by atoms with Crippen LogP contribution >= 0.6 is 0 Å². The fraction of sp³-hybridized carbons (Fsp3) is 0.500. The van der Waals surface area contributed by atoms with E-state index in [1.165, 1.54) is 6.20 Å². The molecule has 1 aliphatic heterocycles. The number of amides is 1. The van der Waals surface area contributed by atoms with Gasteiger partial charge in [-0.25, -0.2) is 0 Å². The van der Waals surface area contributed by atoms with Crippen molar-refractivity contribution in [3.8, 4) is 6.07 Å². The number of nitrogens with zero attached hydrogens (tertiary/aromatic N) is 4. The number of carbonyl (C=O) groups excluding carboxylic acids is 1. The van der Waals surface area contributed by atoms with Crippen molar-refractivity contribution in [1.29, 1.82) is 5.26 Å². The molecule has 1 unspecified atom stereocenters. The maximum atomic E-state index is 12.0. The van der Waals surface area contributed by atoms with Gasteiger partial charge < -0.3 is 15.0 Å². The van der Waals surface area contributed by atoms with E-state index >= 15 is 0 Å². The van der Waals surface area contributed by atoms with E-state index in [-0.39, 0.29) is 12.5 Å². The molecule has 2 rings (SSSR count). The van der Waals surface area contributed by atoms with Crippen molar-refractivity contribution >= 4 is 11.7 Å². The summed E-state index contributed by atoms with van der Waals surface area (Å²) in [7, 11) is 0. The largest absolute Gasteiger partial charge is 0.377 e. The molecule has 0 aromatic carbocycles. The van der Waals surface area contributed by atoms with Crippen molar-refractivity contribution in [3.63, 3.8) is 0 Å². The van der Waals surface area contributed by atoms with E-state index in [9.17, 15) is 4.79 Å². The quantitative estimate of drug-likeness (QED) is 0.802. The van der Waals surface area contributed by atoms with Crippen LogP contribution in [0.25, 0.3) is 0 Å². The summed E-state index contributed by atoms with van der Waals surface area (Å²) in [6.45, 7) is 3.70.